The first kappa shape index (κ1) is 20.5. The summed E-state index contributed by atoms with van der Waals surface area (Å²) in [5.41, 5.74) is 1.32. The van der Waals surface area contributed by atoms with Crippen molar-refractivity contribution in [1.82, 2.24) is 10.3 Å². The molecule has 2 aromatic rings. The van der Waals surface area contributed by atoms with E-state index < -0.39 is 10.0 Å². The van der Waals surface area contributed by atoms with Gasteiger partial charge in [0.1, 0.15) is 0 Å². The van der Waals surface area contributed by atoms with Gasteiger partial charge < -0.3 is 14.8 Å². The molecule has 0 aliphatic rings. The monoisotopic (exact) mass is 393 g/mol. The number of ether oxygens (including phenoxy) is 2. The Morgan fingerprint density at radius 3 is 2.37 bits per heavy atom. The molecular weight excluding hydrogens is 370 g/mol. The van der Waals surface area contributed by atoms with Gasteiger partial charge in [-0.15, -0.1) is 0 Å². The molecule has 0 bridgehead atoms. The number of benzene rings is 1. The predicted octanol–water partition coefficient (Wildman–Crippen LogP) is 1.57. The molecule has 146 valence electrons. The van der Waals surface area contributed by atoms with E-state index in [1.165, 1.54) is 18.5 Å². The Morgan fingerprint density at radius 2 is 1.78 bits per heavy atom. The maximum absolute atomic E-state index is 12.2. The van der Waals surface area contributed by atoms with Crippen molar-refractivity contribution in [3.8, 4) is 11.5 Å². The number of anilines is 1. The first-order chi connectivity index (χ1) is 12.8. The van der Waals surface area contributed by atoms with Gasteiger partial charge in [0.05, 0.1) is 26.2 Å². The van der Waals surface area contributed by atoms with Crippen LogP contribution in [0.3, 0.4) is 0 Å². The average molecular weight is 393 g/mol. The molecule has 1 aromatic heterocycles. The third-order valence-electron chi connectivity index (χ3n) is 3.84. The van der Waals surface area contributed by atoms with Crippen LogP contribution in [0.4, 0.5) is 5.69 Å². The summed E-state index contributed by atoms with van der Waals surface area (Å²) in [5.74, 6) is 0.650. The number of pyridine rings is 1. The number of methoxy groups -OCH3 is 2. The Labute approximate surface area is 159 Å². The number of hydrogen-bond donors (Lipinski definition) is 1. The summed E-state index contributed by atoms with van der Waals surface area (Å²) in [6.45, 7) is 0.368. The summed E-state index contributed by atoms with van der Waals surface area (Å²) in [7, 11) is -0.606. The van der Waals surface area contributed by atoms with Crippen molar-refractivity contribution in [3.05, 3.63) is 48.3 Å². The highest BCUT2D eigenvalue weighted by Gasteiger charge is 2.20. The van der Waals surface area contributed by atoms with E-state index in [0.29, 0.717) is 23.7 Å². The molecular formula is C18H23N3O5S. The van der Waals surface area contributed by atoms with Crippen LogP contribution in [0.25, 0.3) is 0 Å². The molecule has 1 heterocycles. The number of amides is 1. The lowest BCUT2D eigenvalue weighted by molar-refractivity contribution is -0.121. The van der Waals surface area contributed by atoms with Gasteiger partial charge in [-0.05, 0) is 29.8 Å². The fourth-order valence-electron chi connectivity index (χ4n) is 2.46. The van der Waals surface area contributed by atoms with E-state index in [2.05, 4.69) is 10.3 Å². The summed E-state index contributed by atoms with van der Waals surface area (Å²) in [5, 5.41) is 2.77. The normalized spacial score (nSPS) is 10.9. The Bertz CT molecular complexity index is 872. The first-order valence-corrected chi connectivity index (χ1v) is 10.1. The fourth-order valence-corrected chi connectivity index (χ4v) is 3.38. The second-order valence-corrected chi connectivity index (χ2v) is 7.66. The van der Waals surface area contributed by atoms with Crippen molar-refractivity contribution in [2.45, 2.75) is 13.0 Å². The molecule has 0 saturated carbocycles. The Hall–Kier alpha value is -2.81. The van der Waals surface area contributed by atoms with Gasteiger partial charge in [-0.2, -0.15) is 0 Å². The summed E-state index contributed by atoms with van der Waals surface area (Å²) in [6.07, 6.45) is 4.40. The van der Waals surface area contributed by atoms with Crippen molar-refractivity contribution >= 4 is 21.6 Å². The number of carbonyl (C=O) groups is 1. The molecule has 0 atom stereocenters. The lowest BCUT2D eigenvalue weighted by atomic mass is 10.2. The lowest BCUT2D eigenvalue weighted by Crippen LogP contribution is -2.34. The number of sulfonamides is 1. The van der Waals surface area contributed by atoms with Gasteiger partial charge in [-0.1, -0.05) is 0 Å². The predicted molar refractivity (Wildman–Crippen MR) is 102 cm³/mol. The van der Waals surface area contributed by atoms with Crippen LogP contribution in [0.2, 0.25) is 0 Å². The first-order valence-electron chi connectivity index (χ1n) is 8.20. The smallest absolute Gasteiger partial charge is 0.232 e. The highest BCUT2D eigenvalue weighted by Crippen LogP contribution is 2.32. The molecule has 1 amide bonds. The van der Waals surface area contributed by atoms with Crippen LogP contribution in [-0.2, 0) is 21.4 Å². The molecule has 0 aliphatic carbocycles. The summed E-state index contributed by atoms with van der Waals surface area (Å²) in [6, 6.07) is 8.39. The number of nitrogens with one attached hydrogen (secondary N) is 1. The van der Waals surface area contributed by atoms with Crippen molar-refractivity contribution in [2.75, 3.05) is 31.3 Å². The van der Waals surface area contributed by atoms with Gasteiger partial charge >= 0.3 is 0 Å². The van der Waals surface area contributed by atoms with Crippen LogP contribution in [0.15, 0.2) is 42.7 Å². The SMILES string of the molecule is COc1ccc(N(CCC(=O)NCc2ccncc2)S(C)(=O)=O)cc1OC. The van der Waals surface area contributed by atoms with Crippen molar-refractivity contribution in [2.24, 2.45) is 0 Å². The van der Waals surface area contributed by atoms with Crippen LogP contribution in [-0.4, -0.2) is 46.3 Å². The Kier molecular flexibility index (Phi) is 7.00. The number of carbonyl (C=O) groups excluding carboxylic acids is 1. The third-order valence-corrected chi connectivity index (χ3v) is 5.03. The van der Waals surface area contributed by atoms with E-state index in [1.807, 2.05) is 0 Å². The molecule has 9 heteroatoms. The maximum Gasteiger partial charge on any atom is 0.232 e. The van der Waals surface area contributed by atoms with Crippen LogP contribution in [0.1, 0.15) is 12.0 Å². The van der Waals surface area contributed by atoms with Crippen LogP contribution < -0.4 is 19.1 Å². The highest BCUT2D eigenvalue weighted by molar-refractivity contribution is 7.92. The molecule has 0 saturated heterocycles. The number of rotatable bonds is 9. The van der Waals surface area contributed by atoms with Crippen molar-refractivity contribution in [3.63, 3.8) is 0 Å². The van der Waals surface area contributed by atoms with Gasteiger partial charge in [-0.3, -0.25) is 14.1 Å². The zero-order valence-electron chi connectivity index (χ0n) is 15.5. The average Bonchev–Trinajstić information content (AvgIpc) is 2.66. The maximum atomic E-state index is 12.2. The second-order valence-electron chi connectivity index (χ2n) is 5.76. The van der Waals surface area contributed by atoms with Gasteiger partial charge in [0.15, 0.2) is 11.5 Å². The van der Waals surface area contributed by atoms with Crippen molar-refractivity contribution < 1.29 is 22.7 Å². The van der Waals surface area contributed by atoms with E-state index in [-0.39, 0.29) is 18.9 Å². The topological polar surface area (TPSA) is 97.8 Å². The van der Waals surface area contributed by atoms with Gasteiger partial charge in [0.25, 0.3) is 0 Å². The zero-order valence-corrected chi connectivity index (χ0v) is 16.3. The Morgan fingerprint density at radius 1 is 1.11 bits per heavy atom. The summed E-state index contributed by atoms with van der Waals surface area (Å²) < 4.78 is 35.9. The molecule has 0 unspecified atom stereocenters. The molecule has 0 spiro atoms. The van der Waals surface area contributed by atoms with Crippen LogP contribution in [0, 0.1) is 0 Å². The van der Waals surface area contributed by atoms with E-state index in [9.17, 15) is 13.2 Å². The number of hydrogen-bond acceptors (Lipinski definition) is 6. The molecule has 2 rings (SSSR count). The van der Waals surface area contributed by atoms with Gasteiger partial charge in [0, 0.05) is 38.0 Å². The minimum Gasteiger partial charge on any atom is -0.493 e. The molecule has 1 N–H and O–H groups in total. The number of nitrogens with zero attached hydrogens (tertiary/aromatic N) is 2. The van der Waals surface area contributed by atoms with Crippen LogP contribution >= 0.6 is 0 Å². The summed E-state index contributed by atoms with van der Waals surface area (Å²) >= 11 is 0. The molecule has 0 fully saturated rings. The minimum absolute atomic E-state index is 0.0104. The van der Waals surface area contributed by atoms with E-state index >= 15 is 0 Å². The highest BCUT2D eigenvalue weighted by atomic mass is 32.2. The van der Waals surface area contributed by atoms with E-state index in [1.54, 1.807) is 42.7 Å². The largest absolute Gasteiger partial charge is 0.493 e. The number of aromatic nitrogens is 1. The molecule has 27 heavy (non-hydrogen) atoms. The standard InChI is InChI=1S/C18H23N3O5S/c1-25-16-5-4-15(12-17(16)26-2)21(27(3,23)24)11-8-18(22)20-13-14-6-9-19-10-7-14/h4-7,9-10,12H,8,11,13H2,1-3H3,(H,20,22). The lowest BCUT2D eigenvalue weighted by Gasteiger charge is -2.23. The van der Waals surface area contributed by atoms with E-state index in [0.717, 1.165) is 11.8 Å². The molecule has 0 radical (unpaired) electrons. The van der Waals surface area contributed by atoms with Gasteiger partial charge in [0.2, 0.25) is 15.9 Å². The third kappa shape index (κ3) is 5.85. The van der Waals surface area contributed by atoms with Gasteiger partial charge in [-0.25, -0.2) is 8.42 Å². The molecule has 1 aromatic carbocycles. The molecule has 8 nitrogen and oxygen atoms in total. The fraction of sp³-hybridized carbons (Fsp3) is 0.333. The summed E-state index contributed by atoms with van der Waals surface area (Å²) in [4.78, 5) is 16.0. The minimum atomic E-state index is -3.58. The zero-order chi connectivity index (χ0) is 19.9. The van der Waals surface area contributed by atoms with Crippen molar-refractivity contribution in [1.29, 1.82) is 0 Å². The quantitative estimate of drug-likeness (QED) is 0.694. The van der Waals surface area contributed by atoms with E-state index in [4.69, 9.17) is 9.47 Å². The molecule has 0 aliphatic heterocycles. The van der Waals surface area contributed by atoms with Crippen LogP contribution in [0.5, 0.6) is 11.5 Å². The second kappa shape index (κ2) is 9.22. The Balaban J connectivity index is 2.06.